The Labute approximate surface area is 186 Å². The number of nitrogens with one attached hydrogen (secondary N) is 1. The zero-order valence-electron chi connectivity index (χ0n) is 18.3. The summed E-state index contributed by atoms with van der Waals surface area (Å²) in [5, 5.41) is 1.19. The molecular formula is C25H27FN4O2. The Morgan fingerprint density at radius 2 is 1.88 bits per heavy atom. The smallest absolute Gasteiger partial charge is 0.275 e. The molecule has 0 spiro atoms. The summed E-state index contributed by atoms with van der Waals surface area (Å²) in [5.41, 5.74) is 3.19. The summed E-state index contributed by atoms with van der Waals surface area (Å²) in [6.07, 6.45) is 4.20. The molecule has 0 saturated heterocycles. The molecular weight excluding hydrogens is 407 g/mol. The summed E-state index contributed by atoms with van der Waals surface area (Å²) in [5.74, 6) is 0.0208. The monoisotopic (exact) mass is 434 g/mol. The van der Waals surface area contributed by atoms with Gasteiger partial charge in [-0.05, 0) is 31.0 Å². The molecule has 0 fully saturated rings. The summed E-state index contributed by atoms with van der Waals surface area (Å²) in [6, 6.07) is 14.9. The Balaban J connectivity index is 1.52. The fraction of sp³-hybridized carbons (Fsp3) is 0.280. The van der Waals surface area contributed by atoms with Crippen molar-refractivity contribution in [1.29, 1.82) is 0 Å². The van der Waals surface area contributed by atoms with Crippen molar-refractivity contribution in [3.05, 3.63) is 89.5 Å². The van der Waals surface area contributed by atoms with E-state index < -0.39 is 0 Å². The topological polar surface area (TPSA) is 65.4 Å². The van der Waals surface area contributed by atoms with Gasteiger partial charge >= 0.3 is 0 Å². The summed E-state index contributed by atoms with van der Waals surface area (Å²) in [6.45, 7) is 3.96. The lowest BCUT2D eigenvalue weighted by Gasteiger charge is -2.21. The van der Waals surface area contributed by atoms with E-state index in [2.05, 4.69) is 27.0 Å². The Morgan fingerprint density at radius 1 is 1.09 bits per heavy atom. The third-order valence-electron chi connectivity index (χ3n) is 5.67. The van der Waals surface area contributed by atoms with Gasteiger partial charge in [-0.2, -0.15) is 0 Å². The third-order valence-corrected chi connectivity index (χ3v) is 5.67. The minimum atomic E-state index is -0.238. The number of hydrogen-bond donors (Lipinski definition) is 1. The van der Waals surface area contributed by atoms with E-state index in [0.29, 0.717) is 37.6 Å². The molecule has 166 valence electrons. The second-order valence-corrected chi connectivity index (χ2v) is 7.86. The van der Waals surface area contributed by atoms with Crippen molar-refractivity contribution >= 4 is 16.8 Å². The molecule has 2 heterocycles. The van der Waals surface area contributed by atoms with Gasteiger partial charge in [-0.15, -0.1) is 0 Å². The fourth-order valence-electron chi connectivity index (χ4n) is 3.71. The van der Waals surface area contributed by atoms with Gasteiger partial charge in [0.15, 0.2) is 5.69 Å². The number of carbonyl (C=O) groups excluding carboxylic acids is 1. The van der Waals surface area contributed by atoms with E-state index in [1.54, 1.807) is 24.1 Å². The third kappa shape index (κ3) is 4.89. The Bertz CT molecular complexity index is 1200. The Hall–Kier alpha value is -3.45. The first-order chi connectivity index (χ1) is 15.5. The lowest BCUT2D eigenvalue weighted by molar-refractivity contribution is 0.0796. The van der Waals surface area contributed by atoms with Crippen LogP contribution in [0.1, 0.15) is 34.4 Å². The minimum Gasteiger partial charge on any atom is -0.447 e. The highest BCUT2D eigenvalue weighted by atomic mass is 19.1. The average molecular weight is 435 g/mol. The van der Waals surface area contributed by atoms with Gasteiger partial charge in [-0.25, -0.2) is 9.37 Å². The first-order valence-electron chi connectivity index (χ1n) is 10.8. The number of oxazole rings is 1. The molecule has 0 bridgehead atoms. The molecule has 0 aliphatic rings. The lowest BCUT2D eigenvalue weighted by Crippen LogP contribution is -2.27. The predicted octanol–water partition coefficient (Wildman–Crippen LogP) is 4.63. The molecule has 6 nitrogen and oxygen atoms in total. The zero-order valence-corrected chi connectivity index (χ0v) is 18.3. The van der Waals surface area contributed by atoms with Crippen molar-refractivity contribution in [2.24, 2.45) is 0 Å². The molecule has 2 aromatic heterocycles. The largest absolute Gasteiger partial charge is 0.447 e. The molecule has 7 heteroatoms. The van der Waals surface area contributed by atoms with Crippen LogP contribution in [0.4, 0.5) is 4.39 Å². The number of rotatable bonds is 9. The molecule has 0 unspecified atom stereocenters. The number of nitrogens with zero attached hydrogens (tertiary/aromatic N) is 3. The molecule has 1 N–H and O–H groups in total. The van der Waals surface area contributed by atoms with E-state index in [-0.39, 0.29) is 17.4 Å². The lowest BCUT2D eigenvalue weighted by atomic mass is 10.1. The van der Waals surface area contributed by atoms with Crippen LogP contribution in [0, 0.1) is 5.82 Å². The van der Waals surface area contributed by atoms with Crippen LogP contribution in [0.3, 0.4) is 0 Å². The number of H-pyrrole nitrogens is 1. The Kier molecular flexibility index (Phi) is 6.66. The molecule has 1 amide bonds. The van der Waals surface area contributed by atoms with Crippen LogP contribution in [0.25, 0.3) is 10.9 Å². The first kappa shape index (κ1) is 21.8. The van der Waals surface area contributed by atoms with E-state index in [4.69, 9.17) is 4.42 Å². The summed E-state index contributed by atoms with van der Waals surface area (Å²) < 4.78 is 19.9. The quantitative estimate of drug-likeness (QED) is 0.417. The van der Waals surface area contributed by atoms with Gasteiger partial charge in [-0.1, -0.05) is 36.4 Å². The first-order valence-corrected chi connectivity index (χ1v) is 10.8. The molecule has 4 rings (SSSR count). The second-order valence-electron chi connectivity index (χ2n) is 7.86. The van der Waals surface area contributed by atoms with Crippen LogP contribution in [-0.2, 0) is 19.5 Å². The molecule has 32 heavy (non-hydrogen) atoms. The molecule has 0 aliphatic heterocycles. The highest BCUT2D eigenvalue weighted by Gasteiger charge is 2.18. The number of para-hydroxylation sites is 1. The summed E-state index contributed by atoms with van der Waals surface area (Å²) in [4.78, 5) is 23.7. The molecule has 0 saturated carbocycles. The molecule has 0 radical (unpaired) electrons. The number of aromatic amines is 1. The van der Waals surface area contributed by atoms with Crippen molar-refractivity contribution in [1.82, 2.24) is 19.8 Å². The van der Waals surface area contributed by atoms with E-state index in [0.717, 1.165) is 11.9 Å². The van der Waals surface area contributed by atoms with Gasteiger partial charge in [0, 0.05) is 49.3 Å². The van der Waals surface area contributed by atoms with Gasteiger partial charge in [0.2, 0.25) is 5.89 Å². The van der Waals surface area contributed by atoms with Crippen LogP contribution in [0.5, 0.6) is 0 Å². The number of benzene rings is 2. The van der Waals surface area contributed by atoms with E-state index in [9.17, 15) is 9.18 Å². The van der Waals surface area contributed by atoms with E-state index in [1.807, 2.05) is 31.3 Å². The molecule has 0 atom stereocenters. The van der Waals surface area contributed by atoms with Crippen molar-refractivity contribution in [3.8, 4) is 0 Å². The minimum absolute atomic E-state index is 0.179. The average Bonchev–Trinajstić information content (AvgIpc) is 3.45. The standard InChI is InChI=1S/C25H27FN4O2/c1-3-29(2)25(31)23-17-32-24(28-23)16-30(15-19-8-4-6-10-21(19)26)13-12-18-14-27-22-11-7-5-9-20(18)22/h4-11,14,17,27H,3,12-13,15-16H2,1-2H3. The van der Waals surface area contributed by atoms with Gasteiger partial charge in [0.1, 0.15) is 12.1 Å². The van der Waals surface area contributed by atoms with Crippen LogP contribution in [0.15, 0.2) is 65.4 Å². The second kappa shape index (κ2) is 9.78. The summed E-state index contributed by atoms with van der Waals surface area (Å²) >= 11 is 0. The van der Waals surface area contributed by atoms with E-state index in [1.165, 1.54) is 23.3 Å². The van der Waals surface area contributed by atoms with E-state index >= 15 is 0 Å². The molecule has 2 aromatic carbocycles. The van der Waals surface area contributed by atoms with Gasteiger partial charge < -0.3 is 14.3 Å². The maximum Gasteiger partial charge on any atom is 0.275 e. The predicted molar refractivity (Wildman–Crippen MR) is 122 cm³/mol. The van der Waals surface area contributed by atoms with Crippen molar-refractivity contribution in [2.75, 3.05) is 20.1 Å². The van der Waals surface area contributed by atoms with Crippen molar-refractivity contribution in [3.63, 3.8) is 0 Å². The van der Waals surface area contributed by atoms with Gasteiger partial charge in [0.05, 0.1) is 6.54 Å². The number of amides is 1. The van der Waals surface area contributed by atoms with Gasteiger partial charge in [-0.3, -0.25) is 9.69 Å². The fourth-order valence-corrected chi connectivity index (χ4v) is 3.71. The van der Waals surface area contributed by atoms with Crippen LogP contribution < -0.4 is 0 Å². The maximum atomic E-state index is 14.3. The highest BCUT2D eigenvalue weighted by molar-refractivity contribution is 5.91. The van der Waals surface area contributed by atoms with Crippen LogP contribution >= 0.6 is 0 Å². The number of carbonyl (C=O) groups is 1. The Morgan fingerprint density at radius 3 is 2.69 bits per heavy atom. The number of aromatic nitrogens is 2. The number of fused-ring (bicyclic) bond motifs is 1. The number of hydrogen-bond acceptors (Lipinski definition) is 4. The summed E-state index contributed by atoms with van der Waals surface area (Å²) in [7, 11) is 1.72. The van der Waals surface area contributed by atoms with Crippen molar-refractivity contribution < 1.29 is 13.6 Å². The van der Waals surface area contributed by atoms with Crippen LogP contribution in [0.2, 0.25) is 0 Å². The normalized spacial score (nSPS) is 11.4. The zero-order chi connectivity index (χ0) is 22.5. The molecule has 0 aliphatic carbocycles. The maximum absolute atomic E-state index is 14.3. The number of halogens is 1. The molecule has 4 aromatic rings. The van der Waals surface area contributed by atoms with Crippen molar-refractivity contribution in [2.45, 2.75) is 26.4 Å². The highest BCUT2D eigenvalue weighted by Crippen LogP contribution is 2.20. The van der Waals surface area contributed by atoms with Crippen LogP contribution in [-0.4, -0.2) is 45.8 Å². The van der Waals surface area contributed by atoms with Gasteiger partial charge in [0.25, 0.3) is 5.91 Å². The SMILES string of the molecule is CCN(C)C(=O)c1coc(CN(CCc2c[nH]c3ccccc23)Cc2ccccc2F)n1.